The van der Waals surface area contributed by atoms with Crippen molar-refractivity contribution in [1.29, 1.82) is 0 Å². The number of sulfonamides is 1. The Morgan fingerprint density at radius 1 is 1.11 bits per heavy atom. The zero-order valence-electron chi connectivity index (χ0n) is 21.1. The molecule has 8 heteroatoms. The number of benzene rings is 2. The highest BCUT2D eigenvalue weighted by atomic mass is 32.2. The minimum atomic E-state index is -3.57. The number of piperidine rings is 1. The van der Waals surface area contributed by atoms with E-state index in [4.69, 9.17) is 4.74 Å². The van der Waals surface area contributed by atoms with Crippen molar-refractivity contribution in [2.75, 3.05) is 39.8 Å². The number of hydrogen-bond donors (Lipinski definition) is 1. The van der Waals surface area contributed by atoms with E-state index in [0.717, 1.165) is 44.5 Å². The van der Waals surface area contributed by atoms with Gasteiger partial charge in [-0.1, -0.05) is 55.5 Å². The molecule has 1 heterocycles. The molecule has 0 aromatic heterocycles. The fraction of sp³-hybridized carbons (Fsp3) is 0.519. The fourth-order valence-corrected chi connectivity index (χ4v) is 6.03. The first-order valence-corrected chi connectivity index (χ1v) is 14.0. The van der Waals surface area contributed by atoms with E-state index in [0.29, 0.717) is 18.0 Å². The highest BCUT2D eigenvalue weighted by Gasteiger charge is 2.33. The predicted octanol–water partition coefficient (Wildman–Crippen LogP) is 3.69. The Morgan fingerprint density at radius 3 is 2.40 bits per heavy atom. The number of carbonyl (C=O) groups excluding carboxylic acids is 1. The van der Waals surface area contributed by atoms with Gasteiger partial charge >= 0.3 is 5.97 Å². The van der Waals surface area contributed by atoms with Gasteiger partial charge in [0.05, 0.1) is 23.6 Å². The van der Waals surface area contributed by atoms with Crippen LogP contribution in [-0.2, 0) is 19.6 Å². The lowest BCUT2D eigenvalue weighted by Gasteiger charge is -2.39. The lowest BCUT2D eigenvalue weighted by molar-refractivity contribution is -0.150. The summed E-state index contributed by atoms with van der Waals surface area (Å²) in [5.74, 6) is -0.142. The number of nitrogens with zero attached hydrogens (tertiary/aromatic N) is 2. The average Bonchev–Trinajstić information content (AvgIpc) is 2.88. The molecule has 1 saturated heterocycles. The molecular weight excluding hydrogens is 462 g/mol. The summed E-state index contributed by atoms with van der Waals surface area (Å²) in [7, 11) is -1.91. The lowest BCUT2D eigenvalue weighted by atomic mass is 9.92. The summed E-state index contributed by atoms with van der Waals surface area (Å²) < 4.78 is 33.0. The fourth-order valence-electron chi connectivity index (χ4n) is 4.79. The minimum Gasteiger partial charge on any atom is -0.466 e. The van der Waals surface area contributed by atoms with Crippen LogP contribution in [0.3, 0.4) is 0 Å². The molecule has 0 radical (unpaired) electrons. The number of esters is 1. The van der Waals surface area contributed by atoms with Gasteiger partial charge in [0.1, 0.15) is 0 Å². The van der Waals surface area contributed by atoms with Crippen LogP contribution < -0.4 is 5.32 Å². The van der Waals surface area contributed by atoms with Crippen LogP contribution in [0.1, 0.15) is 44.6 Å². The van der Waals surface area contributed by atoms with Gasteiger partial charge in [0, 0.05) is 26.7 Å². The van der Waals surface area contributed by atoms with E-state index in [1.165, 1.54) is 4.31 Å². The van der Waals surface area contributed by atoms with E-state index in [1.54, 1.807) is 31.3 Å². The van der Waals surface area contributed by atoms with Crippen molar-refractivity contribution in [1.82, 2.24) is 14.5 Å². The van der Waals surface area contributed by atoms with Crippen LogP contribution in [0.2, 0.25) is 0 Å². The first-order valence-electron chi connectivity index (χ1n) is 12.6. The number of rotatable bonds is 12. The summed E-state index contributed by atoms with van der Waals surface area (Å²) in [6.45, 7) is 7.15. The van der Waals surface area contributed by atoms with Gasteiger partial charge in [-0.2, -0.15) is 0 Å². The van der Waals surface area contributed by atoms with Crippen LogP contribution in [0, 0.1) is 5.92 Å². The Bertz CT molecular complexity index is 1020. The normalized spacial score (nSPS) is 20.0. The molecule has 1 aliphatic rings. The van der Waals surface area contributed by atoms with Gasteiger partial charge in [-0.05, 0) is 56.3 Å². The Morgan fingerprint density at radius 2 is 1.77 bits per heavy atom. The minimum absolute atomic E-state index is 0.0461. The van der Waals surface area contributed by atoms with Gasteiger partial charge in [-0.3, -0.25) is 9.69 Å². The number of nitrogens with one attached hydrogen (secondary N) is 1. The molecular formula is C27H39N3O4S. The molecule has 3 rings (SSSR count). The van der Waals surface area contributed by atoms with Crippen LogP contribution >= 0.6 is 0 Å². The maximum Gasteiger partial charge on any atom is 0.309 e. The zero-order chi connectivity index (χ0) is 25.3. The van der Waals surface area contributed by atoms with Crippen molar-refractivity contribution in [3.63, 3.8) is 0 Å². The number of carbonyl (C=O) groups is 1. The molecule has 0 saturated carbocycles. The molecule has 2 aromatic carbocycles. The molecule has 35 heavy (non-hydrogen) atoms. The lowest BCUT2D eigenvalue weighted by Crippen LogP contribution is -2.52. The van der Waals surface area contributed by atoms with E-state index in [1.807, 2.05) is 31.2 Å². The van der Waals surface area contributed by atoms with E-state index in [-0.39, 0.29) is 24.0 Å². The third kappa shape index (κ3) is 7.36. The summed E-state index contributed by atoms with van der Waals surface area (Å²) in [6, 6.07) is 18.7. The molecule has 2 aromatic rings. The second-order valence-electron chi connectivity index (χ2n) is 9.08. The smallest absolute Gasteiger partial charge is 0.309 e. The standard InChI is InChI=1S/C27H39N3O4S/c1-4-28-26-20-23(27(31)34-5-2)16-18-30(26)19-17-24(22-12-8-6-9-13-22)21-29(3)35(32,33)25-14-10-7-11-15-25/h6-15,23-24,26,28H,4-5,16-21H2,1-3H3. The van der Waals surface area contributed by atoms with Crippen LogP contribution in [0.4, 0.5) is 0 Å². The summed E-state index contributed by atoms with van der Waals surface area (Å²) in [5.41, 5.74) is 1.13. The summed E-state index contributed by atoms with van der Waals surface area (Å²) in [6.07, 6.45) is 2.42. The summed E-state index contributed by atoms with van der Waals surface area (Å²) >= 11 is 0. The van der Waals surface area contributed by atoms with Crippen molar-refractivity contribution in [2.45, 2.75) is 50.1 Å². The Labute approximate surface area is 210 Å². The second kappa shape index (κ2) is 13.2. The molecule has 7 nitrogen and oxygen atoms in total. The predicted molar refractivity (Wildman–Crippen MR) is 138 cm³/mol. The Kier molecular flexibility index (Phi) is 10.3. The molecule has 0 bridgehead atoms. The maximum absolute atomic E-state index is 13.2. The summed E-state index contributed by atoms with van der Waals surface area (Å²) in [5, 5.41) is 3.52. The monoisotopic (exact) mass is 501 g/mol. The van der Waals surface area contributed by atoms with Gasteiger partial charge < -0.3 is 10.1 Å². The third-order valence-corrected chi connectivity index (χ3v) is 8.58. The van der Waals surface area contributed by atoms with Crippen LogP contribution in [0.15, 0.2) is 65.6 Å². The first kappa shape index (κ1) is 27.3. The Balaban J connectivity index is 1.71. The van der Waals surface area contributed by atoms with Crippen molar-refractivity contribution < 1.29 is 17.9 Å². The molecule has 192 valence electrons. The van der Waals surface area contributed by atoms with Crippen molar-refractivity contribution in [2.24, 2.45) is 5.92 Å². The molecule has 0 spiro atoms. The molecule has 1 aliphatic heterocycles. The van der Waals surface area contributed by atoms with E-state index in [2.05, 4.69) is 29.3 Å². The van der Waals surface area contributed by atoms with Crippen LogP contribution in [0.5, 0.6) is 0 Å². The third-order valence-electron chi connectivity index (χ3n) is 6.74. The topological polar surface area (TPSA) is 79.0 Å². The number of likely N-dealkylation sites (tertiary alicyclic amines) is 1. The summed E-state index contributed by atoms with van der Waals surface area (Å²) in [4.78, 5) is 15.0. The number of hydrogen-bond acceptors (Lipinski definition) is 6. The Hall–Kier alpha value is -2.26. The van der Waals surface area contributed by atoms with E-state index in [9.17, 15) is 13.2 Å². The maximum atomic E-state index is 13.2. The second-order valence-corrected chi connectivity index (χ2v) is 11.1. The quantitative estimate of drug-likeness (QED) is 0.447. The van der Waals surface area contributed by atoms with E-state index >= 15 is 0 Å². The zero-order valence-corrected chi connectivity index (χ0v) is 21.9. The largest absolute Gasteiger partial charge is 0.466 e. The molecule has 1 fully saturated rings. The van der Waals surface area contributed by atoms with Gasteiger partial charge in [0.2, 0.25) is 10.0 Å². The molecule has 3 atom stereocenters. The molecule has 3 unspecified atom stereocenters. The first-order chi connectivity index (χ1) is 16.9. The van der Waals surface area contributed by atoms with Crippen LogP contribution in [0.25, 0.3) is 0 Å². The highest BCUT2D eigenvalue weighted by Crippen LogP contribution is 2.27. The van der Waals surface area contributed by atoms with Gasteiger partial charge in [0.15, 0.2) is 0 Å². The van der Waals surface area contributed by atoms with E-state index < -0.39 is 10.0 Å². The van der Waals surface area contributed by atoms with Crippen LogP contribution in [-0.4, -0.2) is 69.6 Å². The number of ether oxygens (including phenoxy) is 1. The van der Waals surface area contributed by atoms with Crippen molar-refractivity contribution in [3.05, 3.63) is 66.2 Å². The van der Waals surface area contributed by atoms with Gasteiger partial charge in [-0.25, -0.2) is 12.7 Å². The highest BCUT2D eigenvalue weighted by molar-refractivity contribution is 7.89. The average molecular weight is 502 g/mol. The molecule has 0 amide bonds. The van der Waals surface area contributed by atoms with Gasteiger partial charge in [0.25, 0.3) is 0 Å². The molecule has 1 N–H and O–H groups in total. The molecule has 0 aliphatic carbocycles. The number of likely N-dealkylation sites (N-methyl/N-ethyl adjacent to an activating group) is 1. The van der Waals surface area contributed by atoms with Gasteiger partial charge in [-0.15, -0.1) is 0 Å². The van der Waals surface area contributed by atoms with Crippen molar-refractivity contribution >= 4 is 16.0 Å². The van der Waals surface area contributed by atoms with Crippen molar-refractivity contribution in [3.8, 4) is 0 Å². The SMILES string of the molecule is CCNC1CC(C(=O)OCC)CCN1CCC(CN(C)S(=O)(=O)c1ccccc1)c1ccccc1.